The van der Waals surface area contributed by atoms with Gasteiger partial charge in [0.15, 0.2) is 16.6 Å². The molecule has 0 aliphatic heterocycles. The molecule has 0 aliphatic carbocycles. The standard InChI is InChI=1S/C20H26N2O4S/c1-5-25-17-10-7-14(11-19(17)26-6-2)13-21-20(27)22-16-9-8-15(23-3)12-18(16)24-4/h7-12H,5-6,13H2,1-4H3,(H2,21,22,27). The predicted octanol–water partition coefficient (Wildman–Crippen LogP) is 3.99. The number of rotatable bonds is 9. The van der Waals surface area contributed by atoms with Gasteiger partial charge in [-0.1, -0.05) is 6.07 Å². The minimum absolute atomic E-state index is 0.491. The molecule has 2 aromatic rings. The Labute approximate surface area is 165 Å². The summed E-state index contributed by atoms with van der Waals surface area (Å²) in [6, 6.07) is 11.3. The average molecular weight is 391 g/mol. The van der Waals surface area contributed by atoms with Crippen molar-refractivity contribution in [2.24, 2.45) is 0 Å². The maximum absolute atomic E-state index is 5.66. The van der Waals surface area contributed by atoms with Gasteiger partial charge >= 0.3 is 0 Å². The van der Waals surface area contributed by atoms with E-state index in [1.807, 2.05) is 44.2 Å². The minimum Gasteiger partial charge on any atom is -0.497 e. The van der Waals surface area contributed by atoms with Gasteiger partial charge < -0.3 is 29.6 Å². The van der Waals surface area contributed by atoms with Crippen LogP contribution in [0.1, 0.15) is 19.4 Å². The van der Waals surface area contributed by atoms with Crippen molar-refractivity contribution in [2.45, 2.75) is 20.4 Å². The van der Waals surface area contributed by atoms with Crippen molar-refractivity contribution in [1.29, 1.82) is 0 Å². The highest BCUT2D eigenvalue weighted by Gasteiger charge is 2.09. The van der Waals surface area contributed by atoms with E-state index >= 15 is 0 Å². The van der Waals surface area contributed by atoms with Crippen molar-refractivity contribution in [2.75, 3.05) is 32.8 Å². The third kappa shape index (κ3) is 5.92. The van der Waals surface area contributed by atoms with Crippen molar-refractivity contribution < 1.29 is 18.9 Å². The first-order valence-corrected chi connectivity index (χ1v) is 9.17. The Balaban J connectivity index is 2.00. The normalized spacial score (nSPS) is 10.1. The monoisotopic (exact) mass is 390 g/mol. The Morgan fingerprint density at radius 2 is 1.63 bits per heavy atom. The molecule has 2 N–H and O–H groups in total. The quantitative estimate of drug-likeness (QED) is 0.628. The van der Waals surface area contributed by atoms with Gasteiger partial charge in [0.25, 0.3) is 0 Å². The van der Waals surface area contributed by atoms with E-state index in [4.69, 9.17) is 31.2 Å². The highest BCUT2D eigenvalue weighted by molar-refractivity contribution is 7.80. The number of thiocarbonyl (C=S) groups is 1. The summed E-state index contributed by atoms with van der Waals surface area (Å²) in [5, 5.41) is 6.81. The Morgan fingerprint density at radius 1 is 0.889 bits per heavy atom. The maximum atomic E-state index is 5.66. The fourth-order valence-corrected chi connectivity index (χ4v) is 2.64. The zero-order chi connectivity index (χ0) is 19.6. The SMILES string of the molecule is CCOc1ccc(CNC(=S)Nc2ccc(OC)cc2OC)cc1OCC. The van der Waals surface area contributed by atoms with Gasteiger partial charge in [-0.15, -0.1) is 0 Å². The third-order valence-electron chi connectivity index (χ3n) is 3.72. The van der Waals surface area contributed by atoms with Crippen LogP contribution in [-0.2, 0) is 6.54 Å². The van der Waals surface area contributed by atoms with Crippen LogP contribution in [0.3, 0.4) is 0 Å². The molecule has 7 heteroatoms. The van der Waals surface area contributed by atoms with E-state index < -0.39 is 0 Å². The van der Waals surface area contributed by atoms with Gasteiger partial charge in [-0.3, -0.25) is 0 Å². The fraction of sp³-hybridized carbons (Fsp3) is 0.350. The highest BCUT2D eigenvalue weighted by atomic mass is 32.1. The minimum atomic E-state index is 0.491. The number of nitrogens with one attached hydrogen (secondary N) is 2. The first-order valence-electron chi connectivity index (χ1n) is 8.76. The van der Waals surface area contributed by atoms with Gasteiger partial charge in [0, 0.05) is 12.6 Å². The molecule has 0 bridgehead atoms. The van der Waals surface area contributed by atoms with Gasteiger partial charge in [0.05, 0.1) is 33.1 Å². The molecular weight excluding hydrogens is 364 g/mol. The number of methoxy groups -OCH3 is 2. The molecule has 0 spiro atoms. The van der Waals surface area contributed by atoms with E-state index in [1.165, 1.54) is 0 Å². The molecule has 0 aliphatic rings. The molecule has 0 fully saturated rings. The summed E-state index contributed by atoms with van der Waals surface area (Å²) < 4.78 is 21.8. The summed E-state index contributed by atoms with van der Waals surface area (Å²) in [5.41, 5.74) is 1.80. The van der Waals surface area contributed by atoms with Crippen LogP contribution in [0.4, 0.5) is 5.69 Å². The summed E-state index contributed by atoms with van der Waals surface area (Å²) >= 11 is 5.39. The second kappa shape index (κ2) is 10.5. The Hall–Kier alpha value is -2.67. The van der Waals surface area contributed by atoms with Crippen molar-refractivity contribution in [3.8, 4) is 23.0 Å². The Bertz CT molecular complexity index is 768. The Kier molecular flexibility index (Phi) is 8.00. The summed E-state index contributed by atoms with van der Waals surface area (Å²) in [5.74, 6) is 2.84. The zero-order valence-electron chi connectivity index (χ0n) is 16.1. The van der Waals surface area contributed by atoms with Gasteiger partial charge in [0.1, 0.15) is 11.5 Å². The number of hydrogen-bond donors (Lipinski definition) is 2. The van der Waals surface area contributed by atoms with Crippen LogP contribution in [0, 0.1) is 0 Å². The van der Waals surface area contributed by atoms with Crippen molar-refractivity contribution in [1.82, 2.24) is 5.32 Å². The van der Waals surface area contributed by atoms with Crippen LogP contribution in [0.15, 0.2) is 36.4 Å². The number of hydrogen-bond acceptors (Lipinski definition) is 5. The molecule has 0 atom stereocenters. The molecule has 2 rings (SSSR count). The maximum Gasteiger partial charge on any atom is 0.171 e. The number of anilines is 1. The summed E-state index contributed by atoms with van der Waals surface area (Å²) in [6.07, 6.45) is 0. The van der Waals surface area contributed by atoms with Crippen LogP contribution >= 0.6 is 12.2 Å². The lowest BCUT2D eigenvalue weighted by atomic mass is 10.2. The van der Waals surface area contributed by atoms with E-state index in [9.17, 15) is 0 Å². The molecule has 0 unspecified atom stereocenters. The van der Waals surface area contributed by atoms with E-state index in [2.05, 4.69) is 10.6 Å². The van der Waals surface area contributed by atoms with E-state index in [0.29, 0.717) is 36.4 Å². The lowest BCUT2D eigenvalue weighted by molar-refractivity contribution is 0.287. The molecule has 146 valence electrons. The molecule has 0 saturated carbocycles. The van der Waals surface area contributed by atoms with E-state index in [-0.39, 0.29) is 0 Å². The second-order valence-corrected chi connectivity index (χ2v) is 5.93. The first kappa shape index (κ1) is 20.6. The lowest BCUT2D eigenvalue weighted by Crippen LogP contribution is -2.28. The zero-order valence-corrected chi connectivity index (χ0v) is 16.9. The van der Waals surface area contributed by atoms with Crippen LogP contribution < -0.4 is 29.6 Å². The smallest absolute Gasteiger partial charge is 0.171 e. The summed E-state index contributed by atoms with van der Waals surface area (Å²) in [4.78, 5) is 0. The molecule has 2 aromatic carbocycles. The van der Waals surface area contributed by atoms with Gasteiger partial charge in [-0.2, -0.15) is 0 Å². The third-order valence-corrected chi connectivity index (χ3v) is 3.96. The molecule has 0 saturated heterocycles. The molecule has 0 heterocycles. The summed E-state index contributed by atoms with van der Waals surface area (Å²) in [7, 11) is 3.22. The van der Waals surface area contributed by atoms with Crippen molar-refractivity contribution >= 4 is 23.0 Å². The van der Waals surface area contributed by atoms with Gasteiger partial charge in [0.2, 0.25) is 0 Å². The molecule has 0 amide bonds. The molecule has 6 nitrogen and oxygen atoms in total. The highest BCUT2D eigenvalue weighted by Crippen LogP contribution is 2.30. The van der Waals surface area contributed by atoms with E-state index in [0.717, 1.165) is 22.7 Å². The molecule has 27 heavy (non-hydrogen) atoms. The first-order chi connectivity index (χ1) is 13.1. The predicted molar refractivity (Wildman–Crippen MR) is 111 cm³/mol. The second-order valence-electron chi connectivity index (χ2n) is 5.52. The van der Waals surface area contributed by atoms with Crippen molar-refractivity contribution in [3.05, 3.63) is 42.0 Å². The Morgan fingerprint density at radius 3 is 2.30 bits per heavy atom. The summed E-state index contributed by atoms with van der Waals surface area (Å²) in [6.45, 7) is 5.62. The molecule has 0 aromatic heterocycles. The largest absolute Gasteiger partial charge is 0.497 e. The molecule has 0 radical (unpaired) electrons. The van der Waals surface area contributed by atoms with Crippen LogP contribution in [0.25, 0.3) is 0 Å². The van der Waals surface area contributed by atoms with Gasteiger partial charge in [-0.05, 0) is 55.9 Å². The molecular formula is C20H26N2O4S. The van der Waals surface area contributed by atoms with Crippen LogP contribution in [0.5, 0.6) is 23.0 Å². The van der Waals surface area contributed by atoms with E-state index in [1.54, 1.807) is 20.3 Å². The van der Waals surface area contributed by atoms with Crippen molar-refractivity contribution in [3.63, 3.8) is 0 Å². The van der Waals surface area contributed by atoms with Crippen LogP contribution in [-0.4, -0.2) is 32.5 Å². The van der Waals surface area contributed by atoms with Crippen LogP contribution in [0.2, 0.25) is 0 Å². The average Bonchev–Trinajstić information content (AvgIpc) is 2.68. The topological polar surface area (TPSA) is 61.0 Å². The lowest BCUT2D eigenvalue weighted by Gasteiger charge is -2.15. The van der Waals surface area contributed by atoms with Gasteiger partial charge in [-0.25, -0.2) is 0 Å². The fourth-order valence-electron chi connectivity index (χ4n) is 2.46. The number of ether oxygens (including phenoxy) is 4. The number of benzene rings is 2.